The van der Waals surface area contributed by atoms with E-state index in [-0.39, 0.29) is 24.6 Å². The van der Waals surface area contributed by atoms with Gasteiger partial charge in [0.05, 0.1) is 17.3 Å². The fourth-order valence-corrected chi connectivity index (χ4v) is 5.20. The maximum absolute atomic E-state index is 13.1. The lowest BCUT2D eigenvalue weighted by Crippen LogP contribution is -2.57. The fourth-order valence-electron chi connectivity index (χ4n) is 5.20. The quantitative estimate of drug-likeness (QED) is 0.735. The zero-order valence-corrected chi connectivity index (χ0v) is 17.6. The van der Waals surface area contributed by atoms with Crippen LogP contribution in [0.2, 0.25) is 0 Å². The number of anilines is 1. The van der Waals surface area contributed by atoms with E-state index in [1.54, 1.807) is 12.4 Å². The SMILES string of the molecule is C[C@H]1CC2CN(C(=O)COC3(c4cccnn4)CCC3)CC1N2c1ccc(C#N)cn1. The molecular formula is C23H26N6O2. The largest absolute Gasteiger partial charge is 0.359 e. The van der Waals surface area contributed by atoms with Gasteiger partial charge in [0.25, 0.3) is 0 Å². The molecule has 2 saturated heterocycles. The van der Waals surface area contributed by atoms with Crippen molar-refractivity contribution in [3.63, 3.8) is 0 Å². The zero-order chi connectivity index (χ0) is 21.4. The van der Waals surface area contributed by atoms with Gasteiger partial charge in [-0.25, -0.2) is 4.98 Å². The Morgan fingerprint density at radius 1 is 1.32 bits per heavy atom. The summed E-state index contributed by atoms with van der Waals surface area (Å²) in [6.45, 7) is 3.64. The number of rotatable bonds is 5. The molecule has 1 amide bonds. The van der Waals surface area contributed by atoms with Crippen LogP contribution in [-0.4, -0.2) is 57.8 Å². The first-order valence-electron chi connectivity index (χ1n) is 10.9. The molecule has 2 aromatic heterocycles. The summed E-state index contributed by atoms with van der Waals surface area (Å²) in [5.74, 6) is 1.39. The van der Waals surface area contributed by atoms with E-state index in [2.05, 4.69) is 33.1 Å². The summed E-state index contributed by atoms with van der Waals surface area (Å²) in [4.78, 5) is 21.8. The summed E-state index contributed by atoms with van der Waals surface area (Å²) < 4.78 is 6.17. The van der Waals surface area contributed by atoms with E-state index in [1.807, 2.05) is 29.2 Å². The Bertz CT molecular complexity index is 985. The van der Waals surface area contributed by atoms with Crippen LogP contribution in [0.5, 0.6) is 0 Å². The van der Waals surface area contributed by atoms with Gasteiger partial charge >= 0.3 is 0 Å². The van der Waals surface area contributed by atoms with Crippen molar-refractivity contribution >= 4 is 11.7 Å². The minimum absolute atomic E-state index is 0.0340. The normalized spacial score (nSPS) is 26.3. The Hall–Kier alpha value is -3.05. The highest BCUT2D eigenvalue weighted by Crippen LogP contribution is 2.44. The van der Waals surface area contributed by atoms with Gasteiger partial charge in [0, 0.05) is 31.5 Å². The average molecular weight is 419 g/mol. The average Bonchev–Trinajstić information content (AvgIpc) is 2.97. The molecular weight excluding hydrogens is 392 g/mol. The lowest BCUT2D eigenvalue weighted by molar-refractivity contribution is -0.155. The predicted molar refractivity (Wildman–Crippen MR) is 113 cm³/mol. The van der Waals surface area contributed by atoms with E-state index in [1.165, 1.54) is 0 Å². The lowest BCUT2D eigenvalue weighted by atomic mass is 9.77. The van der Waals surface area contributed by atoms with Gasteiger partial charge in [-0.15, -0.1) is 0 Å². The Morgan fingerprint density at radius 2 is 2.19 bits per heavy atom. The molecule has 2 unspecified atom stereocenters. The van der Waals surface area contributed by atoms with Gasteiger partial charge in [-0.1, -0.05) is 6.92 Å². The van der Waals surface area contributed by atoms with Crippen LogP contribution in [0.25, 0.3) is 0 Å². The minimum atomic E-state index is -0.468. The highest BCUT2D eigenvalue weighted by molar-refractivity contribution is 5.78. The van der Waals surface area contributed by atoms with Crippen molar-refractivity contribution in [2.75, 3.05) is 24.6 Å². The van der Waals surface area contributed by atoms with Crippen LogP contribution < -0.4 is 4.90 Å². The molecule has 2 aliphatic heterocycles. The number of nitriles is 1. The number of piperazine rings is 1. The number of carbonyl (C=O) groups excluding carboxylic acids is 1. The van der Waals surface area contributed by atoms with E-state index in [0.29, 0.717) is 24.6 Å². The lowest BCUT2D eigenvalue weighted by Gasteiger charge is -2.44. The molecule has 1 saturated carbocycles. The Balaban J connectivity index is 1.25. The summed E-state index contributed by atoms with van der Waals surface area (Å²) in [6, 6.07) is 10.1. The van der Waals surface area contributed by atoms with Gasteiger partial charge in [-0.05, 0) is 55.9 Å². The summed E-state index contributed by atoms with van der Waals surface area (Å²) in [6.07, 6.45) is 7.12. The molecule has 3 fully saturated rings. The van der Waals surface area contributed by atoms with E-state index >= 15 is 0 Å². The summed E-state index contributed by atoms with van der Waals surface area (Å²) >= 11 is 0. The summed E-state index contributed by atoms with van der Waals surface area (Å²) in [5.41, 5.74) is 0.910. The van der Waals surface area contributed by atoms with Crippen molar-refractivity contribution < 1.29 is 9.53 Å². The van der Waals surface area contributed by atoms with Gasteiger partial charge < -0.3 is 14.5 Å². The predicted octanol–water partition coefficient (Wildman–Crippen LogP) is 2.26. The number of carbonyl (C=O) groups is 1. The minimum Gasteiger partial charge on any atom is -0.359 e. The van der Waals surface area contributed by atoms with E-state index in [4.69, 9.17) is 10.00 Å². The second-order valence-corrected chi connectivity index (χ2v) is 8.90. The van der Waals surface area contributed by atoms with Crippen molar-refractivity contribution in [2.24, 2.45) is 5.92 Å². The van der Waals surface area contributed by atoms with Crippen LogP contribution in [0.1, 0.15) is 43.9 Å². The van der Waals surface area contributed by atoms with Gasteiger partial charge in [0.2, 0.25) is 5.91 Å². The first-order valence-corrected chi connectivity index (χ1v) is 10.9. The third-order valence-corrected chi connectivity index (χ3v) is 7.06. The Kier molecular flexibility index (Phi) is 5.06. The van der Waals surface area contributed by atoms with Crippen LogP contribution in [0, 0.1) is 17.2 Å². The number of fused-ring (bicyclic) bond motifs is 2. The standard InChI is InChI=1S/C23H26N6O2/c1-16-10-18-13-28(14-19(16)29(18)21-6-5-17(11-24)12-25-21)22(30)15-31-23(7-3-8-23)20-4-2-9-26-27-20/h2,4-6,9,12,16,18-19H,3,7-8,10,13-15H2,1H3/t16-,18?,19?/m0/s1. The first kappa shape index (κ1) is 19.9. The zero-order valence-electron chi connectivity index (χ0n) is 17.6. The van der Waals surface area contributed by atoms with Gasteiger partial charge in [0.15, 0.2) is 0 Å². The molecule has 160 valence electrons. The van der Waals surface area contributed by atoms with Gasteiger partial charge in [-0.3, -0.25) is 4.79 Å². The van der Waals surface area contributed by atoms with Crippen LogP contribution in [0.4, 0.5) is 5.82 Å². The van der Waals surface area contributed by atoms with Crippen molar-refractivity contribution in [1.82, 2.24) is 20.1 Å². The molecule has 4 heterocycles. The topological polar surface area (TPSA) is 95.2 Å². The van der Waals surface area contributed by atoms with Crippen LogP contribution >= 0.6 is 0 Å². The van der Waals surface area contributed by atoms with E-state index in [0.717, 1.165) is 37.2 Å². The molecule has 3 aliphatic rings. The molecule has 2 aromatic rings. The molecule has 2 bridgehead atoms. The number of hydrogen-bond acceptors (Lipinski definition) is 7. The molecule has 0 aromatic carbocycles. The van der Waals surface area contributed by atoms with Crippen molar-refractivity contribution in [1.29, 1.82) is 5.26 Å². The number of aromatic nitrogens is 3. The highest BCUT2D eigenvalue weighted by Gasteiger charge is 2.47. The second-order valence-electron chi connectivity index (χ2n) is 8.90. The Morgan fingerprint density at radius 3 is 2.81 bits per heavy atom. The van der Waals surface area contributed by atoms with Crippen molar-refractivity contribution in [3.8, 4) is 6.07 Å². The van der Waals surface area contributed by atoms with Crippen LogP contribution in [0.3, 0.4) is 0 Å². The molecule has 0 radical (unpaired) electrons. The summed E-state index contributed by atoms with van der Waals surface area (Å²) in [7, 11) is 0. The van der Waals surface area contributed by atoms with E-state index in [9.17, 15) is 4.79 Å². The maximum atomic E-state index is 13.1. The second kappa shape index (κ2) is 7.89. The number of amides is 1. The molecule has 8 heteroatoms. The third-order valence-electron chi connectivity index (χ3n) is 7.06. The molecule has 31 heavy (non-hydrogen) atoms. The number of likely N-dealkylation sites (tertiary alicyclic amines) is 1. The molecule has 5 rings (SSSR count). The smallest absolute Gasteiger partial charge is 0.248 e. The van der Waals surface area contributed by atoms with Crippen molar-refractivity contribution in [2.45, 2.75) is 50.3 Å². The number of hydrogen-bond donors (Lipinski definition) is 0. The Labute approximate surface area is 181 Å². The third kappa shape index (κ3) is 3.53. The van der Waals surface area contributed by atoms with Gasteiger partial charge in [-0.2, -0.15) is 15.5 Å². The fraction of sp³-hybridized carbons (Fsp3) is 0.522. The van der Waals surface area contributed by atoms with Crippen LogP contribution in [-0.2, 0) is 15.1 Å². The van der Waals surface area contributed by atoms with Crippen LogP contribution in [0.15, 0.2) is 36.7 Å². The molecule has 0 spiro atoms. The number of nitrogens with zero attached hydrogens (tertiary/aromatic N) is 6. The van der Waals surface area contributed by atoms with E-state index < -0.39 is 5.60 Å². The van der Waals surface area contributed by atoms with Gasteiger partial charge in [0.1, 0.15) is 24.1 Å². The molecule has 3 atom stereocenters. The summed E-state index contributed by atoms with van der Waals surface area (Å²) in [5, 5.41) is 17.2. The highest BCUT2D eigenvalue weighted by atomic mass is 16.5. The molecule has 1 aliphatic carbocycles. The first-order chi connectivity index (χ1) is 15.1. The number of ether oxygens (including phenoxy) is 1. The molecule has 8 nitrogen and oxygen atoms in total. The number of pyridine rings is 1. The maximum Gasteiger partial charge on any atom is 0.248 e. The molecule has 0 N–H and O–H groups in total. The van der Waals surface area contributed by atoms with Crippen molar-refractivity contribution in [3.05, 3.63) is 47.9 Å². The monoisotopic (exact) mass is 418 g/mol.